The van der Waals surface area contributed by atoms with E-state index < -0.39 is 0 Å². The number of rotatable bonds is 4. The van der Waals surface area contributed by atoms with Crippen molar-refractivity contribution in [2.24, 2.45) is 0 Å². The van der Waals surface area contributed by atoms with Gasteiger partial charge in [-0.3, -0.25) is 4.79 Å². The maximum Gasteiger partial charge on any atom is 0.258 e. The zero-order valence-corrected chi connectivity index (χ0v) is 17.3. The van der Waals surface area contributed by atoms with Gasteiger partial charge in [0, 0.05) is 5.02 Å². The molecule has 27 heavy (non-hydrogen) atoms. The molecule has 4 aromatic rings. The molecule has 1 N–H and O–H groups in total. The number of nitrogens with one attached hydrogen (secondary N) is 1. The van der Waals surface area contributed by atoms with E-state index in [9.17, 15) is 4.79 Å². The second kappa shape index (κ2) is 7.55. The van der Waals surface area contributed by atoms with E-state index in [2.05, 4.69) is 15.1 Å². The van der Waals surface area contributed by atoms with Crippen LogP contribution in [0.5, 0.6) is 0 Å². The van der Waals surface area contributed by atoms with Crippen molar-refractivity contribution in [1.82, 2.24) is 19.7 Å². The molecule has 0 atom stereocenters. The van der Waals surface area contributed by atoms with Crippen molar-refractivity contribution in [2.75, 3.05) is 0 Å². The van der Waals surface area contributed by atoms with E-state index in [1.165, 1.54) is 23.1 Å². The molecule has 4 rings (SSSR count). The van der Waals surface area contributed by atoms with Crippen LogP contribution in [0, 0.1) is 10.9 Å². The Hall–Kier alpha value is -2.00. The molecule has 0 unspecified atom stereocenters. The van der Waals surface area contributed by atoms with Crippen LogP contribution in [0.4, 0.5) is 0 Å². The summed E-state index contributed by atoms with van der Waals surface area (Å²) in [6.07, 6.45) is 0. The van der Waals surface area contributed by atoms with Crippen LogP contribution in [-0.2, 0) is 5.75 Å². The van der Waals surface area contributed by atoms with Gasteiger partial charge in [0.1, 0.15) is 5.82 Å². The fourth-order valence-electron chi connectivity index (χ4n) is 2.61. The van der Waals surface area contributed by atoms with Gasteiger partial charge < -0.3 is 4.98 Å². The zero-order chi connectivity index (χ0) is 19.0. The van der Waals surface area contributed by atoms with Gasteiger partial charge in [0.05, 0.1) is 22.3 Å². The third-order valence-electron chi connectivity index (χ3n) is 3.92. The first-order valence-corrected chi connectivity index (χ1v) is 10.6. The Bertz CT molecular complexity index is 1240. The van der Waals surface area contributed by atoms with Crippen molar-refractivity contribution >= 4 is 57.8 Å². The summed E-state index contributed by atoms with van der Waals surface area (Å²) in [6, 6.07) is 12.9. The van der Waals surface area contributed by atoms with E-state index >= 15 is 0 Å². The number of para-hydroxylation sites is 1. The Kier molecular flexibility index (Phi) is 5.14. The minimum atomic E-state index is -0.126. The van der Waals surface area contributed by atoms with Gasteiger partial charge in [-0.15, -0.1) is 5.10 Å². The SMILES string of the molecule is Cc1cccc2c(=O)[nH]c(CSc3nn(-c4ccc(Cl)cc4)c(=S)s3)nc12. The average Bonchev–Trinajstić information content (AvgIpc) is 3.02. The maximum atomic E-state index is 12.3. The number of fused-ring (bicyclic) bond motifs is 1. The highest BCUT2D eigenvalue weighted by Gasteiger charge is 2.10. The minimum Gasteiger partial charge on any atom is -0.309 e. The lowest BCUT2D eigenvalue weighted by atomic mass is 10.1. The molecular weight excluding hydrogens is 420 g/mol. The van der Waals surface area contributed by atoms with E-state index in [4.69, 9.17) is 23.8 Å². The van der Waals surface area contributed by atoms with E-state index in [1.54, 1.807) is 22.9 Å². The molecule has 0 aliphatic carbocycles. The molecule has 0 fully saturated rings. The van der Waals surface area contributed by atoms with Crippen molar-refractivity contribution in [1.29, 1.82) is 0 Å². The van der Waals surface area contributed by atoms with Crippen LogP contribution in [0.1, 0.15) is 11.4 Å². The molecule has 0 saturated carbocycles. The average molecular weight is 433 g/mol. The molecule has 136 valence electrons. The highest BCUT2D eigenvalue weighted by Crippen LogP contribution is 2.27. The number of aryl methyl sites for hydroxylation is 1. The second-order valence-electron chi connectivity index (χ2n) is 5.79. The first kappa shape index (κ1) is 18.4. The molecule has 0 spiro atoms. The molecule has 2 aromatic heterocycles. The molecule has 9 heteroatoms. The molecule has 0 amide bonds. The highest BCUT2D eigenvalue weighted by molar-refractivity contribution is 8.00. The Morgan fingerprint density at radius 1 is 1.26 bits per heavy atom. The molecule has 2 heterocycles. The summed E-state index contributed by atoms with van der Waals surface area (Å²) < 4.78 is 3.16. The summed E-state index contributed by atoms with van der Waals surface area (Å²) in [5.74, 6) is 1.12. The van der Waals surface area contributed by atoms with Crippen molar-refractivity contribution in [3.8, 4) is 5.69 Å². The molecule has 2 aromatic carbocycles. The van der Waals surface area contributed by atoms with E-state index in [0.717, 1.165) is 21.1 Å². The van der Waals surface area contributed by atoms with Crippen LogP contribution in [0.2, 0.25) is 5.02 Å². The number of benzene rings is 2. The van der Waals surface area contributed by atoms with Gasteiger partial charge in [-0.25, -0.2) is 9.67 Å². The van der Waals surface area contributed by atoms with Crippen molar-refractivity contribution < 1.29 is 0 Å². The van der Waals surface area contributed by atoms with Crippen LogP contribution in [0.3, 0.4) is 0 Å². The summed E-state index contributed by atoms with van der Waals surface area (Å²) in [7, 11) is 0. The molecule has 0 bridgehead atoms. The van der Waals surface area contributed by atoms with Crippen LogP contribution in [0.15, 0.2) is 51.6 Å². The number of hydrogen-bond donors (Lipinski definition) is 1. The summed E-state index contributed by atoms with van der Waals surface area (Å²) in [4.78, 5) is 19.7. The van der Waals surface area contributed by atoms with Crippen LogP contribution < -0.4 is 5.56 Å². The molecule has 0 saturated heterocycles. The largest absolute Gasteiger partial charge is 0.309 e. The van der Waals surface area contributed by atoms with Crippen LogP contribution in [-0.4, -0.2) is 19.7 Å². The van der Waals surface area contributed by atoms with E-state index in [0.29, 0.717) is 25.9 Å². The maximum absolute atomic E-state index is 12.3. The number of aromatic amines is 1. The number of aromatic nitrogens is 4. The number of H-pyrrole nitrogens is 1. The number of halogens is 1. The number of thioether (sulfide) groups is 1. The smallest absolute Gasteiger partial charge is 0.258 e. The Balaban J connectivity index is 1.59. The Labute approximate surface area is 173 Å². The van der Waals surface area contributed by atoms with Gasteiger partial charge in [-0.2, -0.15) is 0 Å². The van der Waals surface area contributed by atoms with Crippen LogP contribution in [0.25, 0.3) is 16.6 Å². The van der Waals surface area contributed by atoms with Gasteiger partial charge in [-0.05, 0) is 55.0 Å². The lowest BCUT2D eigenvalue weighted by Crippen LogP contribution is -2.11. The summed E-state index contributed by atoms with van der Waals surface area (Å²) in [6.45, 7) is 1.95. The molecule has 5 nitrogen and oxygen atoms in total. The molecule has 0 aliphatic heterocycles. The lowest BCUT2D eigenvalue weighted by molar-refractivity contribution is 0.829. The predicted octanol–water partition coefficient (Wildman–Crippen LogP) is 5.15. The lowest BCUT2D eigenvalue weighted by Gasteiger charge is -2.04. The fraction of sp³-hybridized carbons (Fsp3) is 0.111. The van der Waals surface area contributed by atoms with Crippen molar-refractivity contribution in [2.45, 2.75) is 17.0 Å². The fourth-order valence-corrected chi connectivity index (χ4v) is 4.97. The van der Waals surface area contributed by atoms with Crippen molar-refractivity contribution in [3.63, 3.8) is 0 Å². The highest BCUT2D eigenvalue weighted by atomic mass is 35.5. The molecule has 0 aliphatic rings. The normalized spacial score (nSPS) is 11.2. The van der Waals surface area contributed by atoms with Gasteiger partial charge in [-0.1, -0.05) is 46.8 Å². The minimum absolute atomic E-state index is 0.126. The van der Waals surface area contributed by atoms with E-state index in [-0.39, 0.29) is 5.56 Å². The number of hydrogen-bond acceptors (Lipinski definition) is 6. The third-order valence-corrected chi connectivity index (χ3v) is 6.55. The molecule has 0 radical (unpaired) electrons. The summed E-state index contributed by atoms with van der Waals surface area (Å²) in [5, 5.41) is 5.82. The quantitative estimate of drug-likeness (QED) is 0.356. The number of nitrogens with zero attached hydrogens (tertiary/aromatic N) is 3. The first-order chi connectivity index (χ1) is 13.0. The van der Waals surface area contributed by atoms with E-state index in [1.807, 2.05) is 31.2 Å². The van der Waals surface area contributed by atoms with Gasteiger partial charge in [0.2, 0.25) is 0 Å². The Morgan fingerprint density at radius 3 is 2.81 bits per heavy atom. The standard InChI is InChI=1S/C18H13ClN4OS3/c1-10-3-2-4-13-15(10)20-14(21-16(13)24)9-26-17-22-23(18(25)27-17)12-7-5-11(19)6-8-12/h2-8H,9H2,1H3,(H,20,21,24). The van der Waals surface area contributed by atoms with Crippen LogP contribution >= 0.6 is 46.9 Å². The topological polar surface area (TPSA) is 63.6 Å². The summed E-state index contributed by atoms with van der Waals surface area (Å²) >= 11 is 14.3. The van der Waals surface area contributed by atoms with Crippen molar-refractivity contribution in [3.05, 3.63) is 73.2 Å². The molecular formula is C18H13ClN4OS3. The van der Waals surface area contributed by atoms with Gasteiger partial charge >= 0.3 is 0 Å². The first-order valence-electron chi connectivity index (χ1n) is 7.99. The predicted molar refractivity (Wildman–Crippen MR) is 114 cm³/mol. The monoisotopic (exact) mass is 432 g/mol. The summed E-state index contributed by atoms with van der Waals surface area (Å²) in [5.41, 5.74) is 2.45. The second-order valence-corrected chi connectivity index (χ2v) is 9.08. The Morgan fingerprint density at radius 2 is 2.04 bits per heavy atom. The third kappa shape index (κ3) is 3.84. The van der Waals surface area contributed by atoms with Gasteiger partial charge in [0.15, 0.2) is 8.29 Å². The van der Waals surface area contributed by atoms with Gasteiger partial charge in [0.25, 0.3) is 5.56 Å². The zero-order valence-electron chi connectivity index (χ0n) is 14.1.